The first-order valence-corrected chi connectivity index (χ1v) is 7.12. The van der Waals surface area contributed by atoms with Crippen molar-refractivity contribution in [3.05, 3.63) is 66.5 Å². The van der Waals surface area contributed by atoms with E-state index in [9.17, 15) is 0 Å². The summed E-state index contributed by atoms with van der Waals surface area (Å²) in [7, 11) is 1.85. The van der Waals surface area contributed by atoms with Crippen molar-refractivity contribution in [2.75, 3.05) is 0 Å². The fourth-order valence-electron chi connectivity index (χ4n) is 2.22. The van der Waals surface area contributed by atoms with Crippen LogP contribution in [-0.4, -0.2) is 25.5 Å². The quantitative estimate of drug-likeness (QED) is 0.560. The molecule has 0 atom stereocenters. The Labute approximate surface area is 132 Å². The van der Waals surface area contributed by atoms with E-state index in [0.717, 1.165) is 16.8 Å². The summed E-state index contributed by atoms with van der Waals surface area (Å²) >= 11 is 6.35. The van der Waals surface area contributed by atoms with Gasteiger partial charge in [0.2, 0.25) is 5.82 Å². The molecule has 110 valence electrons. The SMILES string of the molecule is Cn1ccnc1C(=[NH2+])N=C(Cl)c1[nH]ccc1-c1ccccc1. The van der Waals surface area contributed by atoms with Gasteiger partial charge in [-0.1, -0.05) is 30.3 Å². The number of hydrogen-bond acceptors (Lipinski definition) is 1. The first-order valence-electron chi connectivity index (χ1n) is 6.74. The van der Waals surface area contributed by atoms with Gasteiger partial charge in [0.15, 0.2) is 0 Å². The third-order valence-electron chi connectivity index (χ3n) is 3.31. The Hall–Kier alpha value is -2.66. The third kappa shape index (κ3) is 2.71. The molecule has 6 heteroatoms. The standard InChI is InChI=1S/C16H14ClN5/c1-22-10-9-20-16(22)15(18)21-14(17)13-12(7-8-19-13)11-5-3-2-4-6-11/h2-10,18-19H,1H3/p+1. The minimum atomic E-state index is 0.270. The van der Waals surface area contributed by atoms with Gasteiger partial charge in [0, 0.05) is 31.2 Å². The molecule has 0 radical (unpaired) electrons. The molecule has 0 unspecified atom stereocenters. The molecule has 0 fully saturated rings. The normalized spacial score (nSPS) is 11.6. The third-order valence-corrected chi connectivity index (χ3v) is 3.58. The van der Waals surface area contributed by atoms with E-state index < -0.39 is 0 Å². The number of aromatic nitrogens is 3. The first kappa shape index (κ1) is 14.3. The summed E-state index contributed by atoms with van der Waals surface area (Å²) in [5, 5.41) is 6.28. The molecule has 1 aromatic carbocycles. The lowest BCUT2D eigenvalue weighted by atomic mass is 10.1. The number of nitrogens with one attached hydrogen (secondary N) is 1. The Kier molecular flexibility index (Phi) is 3.89. The van der Waals surface area contributed by atoms with E-state index in [1.807, 2.05) is 49.6 Å². The minimum Gasteiger partial charge on any atom is -0.357 e. The van der Waals surface area contributed by atoms with Gasteiger partial charge in [0.05, 0.1) is 0 Å². The van der Waals surface area contributed by atoms with E-state index in [-0.39, 0.29) is 5.84 Å². The molecule has 5 nitrogen and oxygen atoms in total. The predicted octanol–water partition coefficient (Wildman–Crippen LogP) is 1.61. The van der Waals surface area contributed by atoms with Gasteiger partial charge in [-0.3, -0.25) is 5.41 Å². The van der Waals surface area contributed by atoms with Crippen molar-refractivity contribution < 1.29 is 5.41 Å². The number of aryl methyl sites for hydroxylation is 1. The summed E-state index contributed by atoms with van der Waals surface area (Å²) in [6.07, 6.45) is 5.29. The van der Waals surface area contributed by atoms with Gasteiger partial charge in [0.1, 0.15) is 5.69 Å². The Balaban J connectivity index is 1.95. The molecule has 22 heavy (non-hydrogen) atoms. The molecule has 0 spiro atoms. The maximum Gasteiger partial charge on any atom is 0.359 e. The molecule has 0 amide bonds. The Morgan fingerprint density at radius 3 is 2.73 bits per heavy atom. The zero-order chi connectivity index (χ0) is 15.5. The molecule has 2 aromatic heterocycles. The number of aliphatic imine (C=N–C) groups is 1. The van der Waals surface area contributed by atoms with Gasteiger partial charge in [-0.05, 0) is 28.2 Å². The van der Waals surface area contributed by atoms with Gasteiger partial charge in [-0.2, -0.15) is 0 Å². The number of hydrogen-bond donors (Lipinski definition) is 2. The zero-order valence-corrected chi connectivity index (χ0v) is 12.7. The van der Waals surface area contributed by atoms with Crippen LogP contribution in [0.1, 0.15) is 11.5 Å². The summed E-state index contributed by atoms with van der Waals surface area (Å²) in [6, 6.07) is 11.9. The number of imidazole rings is 1. The summed E-state index contributed by atoms with van der Waals surface area (Å²) in [5.74, 6) is 0.845. The van der Waals surface area contributed by atoms with Crippen molar-refractivity contribution in [3.63, 3.8) is 0 Å². The highest BCUT2D eigenvalue weighted by atomic mass is 35.5. The highest BCUT2D eigenvalue weighted by molar-refractivity contribution is 6.70. The summed E-state index contributed by atoms with van der Waals surface area (Å²) in [4.78, 5) is 11.5. The molecule has 2 heterocycles. The molecule has 0 aliphatic rings. The maximum atomic E-state index is 6.35. The number of H-pyrrole nitrogens is 1. The minimum absolute atomic E-state index is 0.270. The topological polar surface area (TPSA) is 71.6 Å². The number of rotatable bonds is 3. The van der Waals surface area contributed by atoms with Crippen LogP contribution in [0.2, 0.25) is 0 Å². The van der Waals surface area contributed by atoms with Gasteiger partial charge in [0.25, 0.3) is 5.17 Å². The van der Waals surface area contributed by atoms with E-state index >= 15 is 0 Å². The average molecular weight is 313 g/mol. The second-order valence-electron chi connectivity index (χ2n) is 4.78. The Morgan fingerprint density at radius 1 is 1.27 bits per heavy atom. The Bertz CT molecular complexity index is 829. The lowest BCUT2D eigenvalue weighted by Gasteiger charge is -2.00. The highest BCUT2D eigenvalue weighted by Gasteiger charge is 2.19. The molecular weight excluding hydrogens is 298 g/mol. The molecule has 0 saturated carbocycles. The van der Waals surface area contributed by atoms with E-state index in [2.05, 4.69) is 15.0 Å². The zero-order valence-electron chi connectivity index (χ0n) is 12.0. The second kappa shape index (κ2) is 5.99. The van der Waals surface area contributed by atoms with E-state index in [4.69, 9.17) is 17.0 Å². The van der Waals surface area contributed by atoms with Crippen LogP contribution < -0.4 is 5.41 Å². The fourth-order valence-corrected chi connectivity index (χ4v) is 2.47. The van der Waals surface area contributed by atoms with E-state index in [1.165, 1.54) is 0 Å². The van der Waals surface area contributed by atoms with Gasteiger partial charge < -0.3 is 9.55 Å². The average Bonchev–Trinajstić information content (AvgIpc) is 3.16. The van der Waals surface area contributed by atoms with Crippen LogP contribution in [-0.2, 0) is 7.05 Å². The van der Waals surface area contributed by atoms with Crippen LogP contribution in [0.3, 0.4) is 0 Å². The van der Waals surface area contributed by atoms with Gasteiger partial charge in [-0.25, -0.2) is 4.98 Å². The monoisotopic (exact) mass is 312 g/mol. The van der Waals surface area contributed by atoms with Gasteiger partial charge >= 0.3 is 5.84 Å². The van der Waals surface area contributed by atoms with Crippen LogP contribution in [0, 0.1) is 0 Å². The maximum absolute atomic E-state index is 6.35. The van der Waals surface area contributed by atoms with Crippen molar-refractivity contribution in [2.45, 2.75) is 0 Å². The van der Waals surface area contributed by atoms with Crippen molar-refractivity contribution in [1.29, 1.82) is 0 Å². The number of benzene rings is 1. The summed E-state index contributed by atoms with van der Waals surface area (Å²) in [6.45, 7) is 0. The smallest absolute Gasteiger partial charge is 0.357 e. The van der Waals surface area contributed by atoms with Crippen LogP contribution in [0.25, 0.3) is 11.1 Å². The lowest BCUT2D eigenvalue weighted by molar-refractivity contribution is -0.114. The molecule has 3 aromatic rings. The number of nitrogens with zero attached hydrogens (tertiary/aromatic N) is 3. The van der Waals surface area contributed by atoms with Gasteiger partial charge in [-0.15, -0.1) is 0 Å². The Morgan fingerprint density at radius 2 is 2.05 bits per heavy atom. The number of amidine groups is 1. The predicted molar refractivity (Wildman–Crippen MR) is 87.9 cm³/mol. The summed E-state index contributed by atoms with van der Waals surface area (Å²) < 4.78 is 1.79. The lowest BCUT2D eigenvalue weighted by Crippen LogP contribution is -2.41. The molecular formula is C16H15ClN5+. The second-order valence-corrected chi connectivity index (χ2v) is 5.14. The number of nitrogens with two attached hydrogens (primary N) is 1. The van der Waals surface area contributed by atoms with Crippen molar-refractivity contribution >= 4 is 22.6 Å². The van der Waals surface area contributed by atoms with E-state index in [1.54, 1.807) is 17.0 Å². The first-order chi connectivity index (χ1) is 10.7. The molecule has 0 bridgehead atoms. The molecule has 3 rings (SSSR count). The number of halogens is 1. The molecule has 0 aliphatic carbocycles. The summed E-state index contributed by atoms with van der Waals surface area (Å²) in [5.41, 5.74) is 2.76. The molecule has 3 N–H and O–H groups in total. The van der Waals surface area contributed by atoms with E-state index in [0.29, 0.717) is 11.0 Å². The van der Waals surface area contributed by atoms with Crippen LogP contribution in [0.4, 0.5) is 0 Å². The van der Waals surface area contributed by atoms with Crippen molar-refractivity contribution in [1.82, 2.24) is 14.5 Å². The van der Waals surface area contributed by atoms with Crippen molar-refractivity contribution in [2.24, 2.45) is 12.0 Å². The fraction of sp³-hybridized carbons (Fsp3) is 0.0625. The van der Waals surface area contributed by atoms with Crippen molar-refractivity contribution in [3.8, 4) is 11.1 Å². The largest absolute Gasteiger partial charge is 0.359 e. The van der Waals surface area contributed by atoms with Crippen LogP contribution in [0.15, 0.2) is 60.0 Å². The van der Waals surface area contributed by atoms with Crippen LogP contribution >= 0.6 is 11.6 Å². The molecule has 0 saturated heterocycles. The molecule has 0 aliphatic heterocycles. The number of aromatic amines is 1. The van der Waals surface area contributed by atoms with Crippen LogP contribution in [0.5, 0.6) is 0 Å². The highest BCUT2D eigenvalue weighted by Crippen LogP contribution is 2.24.